The van der Waals surface area contributed by atoms with Crippen molar-refractivity contribution in [2.24, 2.45) is 11.8 Å². The molecule has 0 bridgehead atoms. The summed E-state index contributed by atoms with van der Waals surface area (Å²) in [5, 5.41) is 3.16. The monoisotopic (exact) mass is 406 g/mol. The van der Waals surface area contributed by atoms with Crippen molar-refractivity contribution in [3.63, 3.8) is 0 Å². The Morgan fingerprint density at radius 2 is 1.76 bits per heavy atom. The highest BCUT2D eigenvalue weighted by molar-refractivity contribution is 5.84. The lowest BCUT2D eigenvalue weighted by Gasteiger charge is -2.40. The molecule has 3 saturated heterocycles. The lowest BCUT2D eigenvalue weighted by molar-refractivity contribution is -0.143. The molecule has 6 heteroatoms. The number of rotatable bonds is 7. The van der Waals surface area contributed by atoms with Crippen molar-refractivity contribution in [2.75, 3.05) is 45.8 Å². The van der Waals surface area contributed by atoms with E-state index in [1.807, 2.05) is 11.8 Å². The van der Waals surface area contributed by atoms with Crippen LogP contribution in [0.2, 0.25) is 0 Å². The third-order valence-electron chi connectivity index (χ3n) is 7.15. The molecule has 0 radical (unpaired) electrons. The van der Waals surface area contributed by atoms with Gasteiger partial charge in [0.05, 0.1) is 5.92 Å². The van der Waals surface area contributed by atoms with E-state index in [0.717, 1.165) is 32.2 Å². The van der Waals surface area contributed by atoms with Crippen molar-refractivity contribution in [3.8, 4) is 0 Å². The van der Waals surface area contributed by atoms with Crippen molar-refractivity contribution in [1.29, 1.82) is 0 Å². The highest BCUT2D eigenvalue weighted by atomic mass is 16.2. The van der Waals surface area contributed by atoms with Gasteiger partial charge in [-0.3, -0.25) is 9.59 Å². The number of nitrogens with zero attached hydrogens (tertiary/aromatic N) is 3. The molecule has 6 nitrogen and oxygen atoms in total. The summed E-state index contributed by atoms with van der Waals surface area (Å²) in [5.41, 5.74) is 0. The predicted molar refractivity (Wildman–Crippen MR) is 117 cm³/mol. The molecule has 0 spiro atoms. The van der Waals surface area contributed by atoms with Gasteiger partial charge in [-0.1, -0.05) is 20.3 Å². The number of likely N-dealkylation sites (tertiary alicyclic amines) is 3. The van der Waals surface area contributed by atoms with Crippen molar-refractivity contribution in [1.82, 2.24) is 20.0 Å². The van der Waals surface area contributed by atoms with Crippen molar-refractivity contribution in [2.45, 2.75) is 77.8 Å². The normalized spacial score (nSPS) is 28.1. The lowest BCUT2D eigenvalue weighted by Crippen LogP contribution is -2.53. The second kappa shape index (κ2) is 10.8. The van der Waals surface area contributed by atoms with Crippen LogP contribution in [0.3, 0.4) is 0 Å². The number of amides is 2. The second-order valence-electron chi connectivity index (χ2n) is 9.79. The van der Waals surface area contributed by atoms with Crippen LogP contribution >= 0.6 is 0 Å². The Balaban J connectivity index is 1.37. The van der Waals surface area contributed by atoms with Gasteiger partial charge in [0.15, 0.2) is 0 Å². The van der Waals surface area contributed by atoms with Crippen LogP contribution in [0.4, 0.5) is 0 Å². The average Bonchev–Trinajstić information content (AvgIpc) is 2.72. The van der Waals surface area contributed by atoms with Gasteiger partial charge >= 0.3 is 0 Å². The molecule has 0 aliphatic carbocycles. The molecule has 0 saturated carbocycles. The van der Waals surface area contributed by atoms with E-state index < -0.39 is 0 Å². The van der Waals surface area contributed by atoms with Crippen LogP contribution in [-0.2, 0) is 9.59 Å². The van der Waals surface area contributed by atoms with Crippen LogP contribution in [-0.4, -0.2) is 84.4 Å². The molecule has 0 aromatic rings. The maximum Gasteiger partial charge on any atom is 0.225 e. The quantitative estimate of drug-likeness (QED) is 0.705. The first-order valence-electron chi connectivity index (χ1n) is 12.0. The van der Waals surface area contributed by atoms with Gasteiger partial charge < -0.3 is 20.0 Å². The molecule has 3 rings (SSSR count). The smallest absolute Gasteiger partial charge is 0.225 e. The minimum Gasteiger partial charge on any atom is -0.355 e. The van der Waals surface area contributed by atoms with E-state index in [2.05, 4.69) is 29.0 Å². The Labute approximate surface area is 177 Å². The molecule has 0 aromatic heterocycles. The van der Waals surface area contributed by atoms with E-state index in [9.17, 15) is 9.59 Å². The minimum absolute atomic E-state index is 0.000984. The Hall–Kier alpha value is -1.14. The second-order valence-corrected chi connectivity index (χ2v) is 9.79. The molecular weight excluding hydrogens is 364 g/mol. The van der Waals surface area contributed by atoms with E-state index >= 15 is 0 Å². The Morgan fingerprint density at radius 3 is 2.41 bits per heavy atom. The number of nitrogens with one attached hydrogen (secondary N) is 1. The number of carbonyl (C=O) groups excluding carboxylic acids is 2. The summed E-state index contributed by atoms with van der Waals surface area (Å²) in [5.74, 6) is 0.682. The fraction of sp³-hybridized carbons (Fsp3) is 0.913. The first kappa shape index (κ1) is 22.5. The number of piperidine rings is 3. The Bertz CT molecular complexity index is 539. The number of carbonyl (C=O) groups is 2. The zero-order valence-electron chi connectivity index (χ0n) is 18.9. The largest absolute Gasteiger partial charge is 0.355 e. The van der Waals surface area contributed by atoms with E-state index in [0.29, 0.717) is 25.3 Å². The van der Waals surface area contributed by atoms with Gasteiger partial charge in [-0.25, -0.2) is 0 Å². The van der Waals surface area contributed by atoms with E-state index in [-0.39, 0.29) is 23.8 Å². The molecule has 2 atom stereocenters. The van der Waals surface area contributed by atoms with E-state index in [1.165, 1.54) is 45.2 Å². The predicted octanol–water partition coefficient (Wildman–Crippen LogP) is 2.34. The highest BCUT2D eigenvalue weighted by Crippen LogP contribution is 2.25. The van der Waals surface area contributed by atoms with Gasteiger partial charge in [-0.05, 0) is 71.1 Å². The summed E-state index contributed by atoms with van der Waals surface area (Å²) in [6.45, 7) is 13.6. The highest BCUT2D eigenvalue weighted by Gasteiger charge is 2.36. The summed E-state index contributed by atoms with van der Waals surface area (Å²) >= 11 is 0. The molecule has 0 unspecified atom stereocenters. The summed E-state index contributed by atoms with van der Waals surface area (Å²) in [4.78, 5) is 32.2. The van der Waals surface area contributed by atoms with Crippen LogP contribution in [0.5, 0.6) is 0 Å². The maximum atomic E-state index is 12.8. The van der Waals surface area contributed by atoms with Crippen LogP contribution in [0.1, 0.15) is 65.7 Å². The third kappa shape index (κ3) is 6.17. The number of hydrogen-bond acceptors (Lipinski definition) is 4. The topological polar surface area (TPSA) is 55.9 Å². The van der Waals surface area contributed by atoms with Crippen LogP contribution in [0, 0.1) is 11.8 Å². The summed E-state index contributed by atoms with van der Waals surface area (Å²) < 4.78 is 0. The third-order valence-corrected chi connectivity index (χ3v) is 7.15. The van der Waals surface area contributed by atoms with Crippen LogP contribution in [0.25, 0.3) is 0 Å². The molecule has 166 valence electrons. The fourth-order valence-corrected chi connectivity index (χ4v) is 5.38. The molecule has 3 aliphatic heterocycles. The average molecular weight is 407 g/mol. The zero-order chi connectivity index (χ0) is 20.8. The fourth-order valence-electron chi connectivity index (χ4n) is 5.38. The van der Waals surface area contributed by atoms with Crippen LogP contribution in [0.15, 0.2) is 0 Å². The molecule has 3 fully saturated rings. The minimum atomic E-state index is -0.0729. The van der Waals surface area contributed by atoms with Crippen molar-refractivity contribution >= 4 is 11.8 Å². The SMILES string of the molecule is CC(C)CN1C(=O)CC[C@@H](C(=O)NCCN2CCC(N3CCCCC3)CC2)[C@H]1C. The summed E-state index contributed by atoms with van der Waals surface area (Å²) in [7, 11) is 0. The van der Waals surface area contributed by atoms with Crippen molar-refractivity contribution < 1.29 is 9.59 Å². The summed E-state index contributed by atoms with van der Waals surface area (Å²) in [6.07, 6.45) is 7.84. The van der Waals surface area contributed by atoms with Gasteiger partial charge in [0.1, 0.15) is 0 Å². The lowest BCUT2D eigenvalue weighted by atomic mass is 9.88. The van der Waals surface area contributed by atoms with E-state index in [1.54, 1.807) is 0 Å². The zero-order valence-corrected chi connectivity index (χ0v) is 18.9. The maximum absolute atomic E-state index is 12.8. The Kier molecular flexibility index (Phi) is 8.36. The standard InChI is InChI=1S/C23H42N4O2/c1-18(2)17-27-19(3)21(7-8-22(27)28)23(29)24-11-16-25-14-9-20(10-15-25)26-12-5-4-6-13-26/h18-21H,4-17H2,1-3H3,(H,24,29)/t19-,21-/m1/s1. The molecule has 3 aliphatic rings. The first-order valence-corrected chi connectivity index (χ1v) is 12.0. The molecular formula is C23H42N4O2. The molecule has 1 N–H and O–H groups in total. The van der Waals surface area contributed by atoms with Gasteiger partial charge in [-0.15, -0.1) is 0 Å². The van der Waals surface area contributed by atoms with Gasteiger partial charge in [-0.2, -0.15) is 0 Å². The molecule has 29 heavy (non-hydrogen) atoms. The first-order chi connectivity index (χ1) is 14.0. The Morgan fingerprint density at radius 1 is 1.07 bits per heavy atom. The molecule has 0 aromatic carbocycles. The summed E-state index contributed by atoms with van der Waals surface area (Å²) in [6, 6.07) is 0.771. The van der Waals surface area contributed by atoms with E-state index in [4.69, 9.17) is 0 Å². The van der Waals surface area contributed by atoms with Gasteiger partial charge in [0.2, 0.25) is 11.8 Å². The van der Waals surface area contributed by atoms with Gasteiger partial charge in [0.25, 0.3) is 0 Å². The number of hydrogen-bond donors (Lipinski definition) is 1. The van der Waals surface area contributed by atoms with Crippen molar-refractivity contribution in [3.05, 3.63) is 0 Å². The molecule has 2 amide bonds. The van der Waals surface area contributed by atoms with Crippen LogP contribution < -0.4 is 5.32 Å². The molecule has 3 heterocycles. The van der Waals surface area contributed by atoms with Gasteiger partial charge in [0, 0.05) is 38.1 Å².